The van der Waals surface area contributed by atoms with Crippen molar-refractivity contribution in [2.75, 3.05) is 0 Å². The fraction of sp³-hybridized carbons (Fsp3) is 0.750. The molecule has 0 aliphatic carbocycles. The molecule has 0 aliphatic heterocycles. The van der Waals surface area contributed by atoms with E-state index in [2.05, 4.69) is 18.8 Å². The van der Waals surface area contributed by atoms with Crippen LogP contribution in [0.15, 0.2) is 12.4 Å². The van der Waals surface area contributed by atoms with Gasteiger partial charge in [-0.25, -0.2) is 4.98 Å². The zero-order valence-electron chi connectivity index (χ0n) is 10.1. The summed E-state index contributed by atoms with van der Waals surface area (Å²) in [6, 6.07) is 0. The molecule has 0 saturated carbocycles. The number of rotatable bonds is 5. The lowest BCUT2D eigenvalue weighted by Gasteiger charge is -2.23. The molecule has 0 saturated heterocycles. The van der Waals surface area contributed by atoms with E-state index in [0.717, 1.165) is 18.7 Å². The minimum Gasteiger partial charge on any atom is -0.393 e. The van der Waals surface area contributed by atoms with Crippen LogP contribution in [-0.2, 0) is 13.5 Å². The number of aromatic nitrogens is 2. The number of aliphatic hydroxyl groups is 1. The molecule has 0 amide bonds. The maximum absolute atomic E-state index is 9.65. The maximum atomic E-state index is 9.65. The van der Waals surface area contributed by atoms with Crippen molar-refractivity contribution in [3.8, 4) is 0 Å². The molecule has 0 radical (unpaired) electrons. The molecule has 0 bridgehead atoms. The Kier molecular flexibility index (Phi) is 4.33. The number of hydrogen-bond acceptors (Lipinski definition) is 2. The third-order valence-electron chi connectivity index (χ3n) is 3.10. The van der Waals surface area contributed by atoms with Gasteiger partial charge in [0, 0.05) is 25.9 Å². The highest BCUT2D eigenvalue weighted by Gasteiger charge is 2.19. The second-order valence-corrected chi connectivity index (χ2v) is 4.64. The number of imidazole rings is 1. The van der Waals surface area contributed by atoms with Gasteiger partial charge >= 0.3 is 0 Å². The van der Waals surface area contributed by atoms with E-state index in [4.69, 9.17) is 0 Å². The second-order valence-electron chi connectivity index (χ2n) is 4.64. The smallest absolute Gasteiger partial charge is 0.108 e. The first-order valence-electron chi connectivity index (χ1n) is 5.66. The maximum Gasteiger partial charge on any atom is 0.108 e. The topological polar surface area (TPSA) is 38.0 Å². The Morgan fingerprint density at radius 3 is 2.47 bits per heavy atom. The Balaban J connectivity index is 2.51. The normalized spacial score (nSPS) is 15.6. The molecular formula is C12H22N2O. The summed E-state index contributed by atoms with van der Waals surface area (Å²) in [5, 5.41) is 9.65. The fourth-order valence-corrected chi connectivity index (χ4v) is 2.06. The minimum absolute atomic E-state index is 0.231. The van der Waals surface area contributed by atoms with Gasteiger partial charge in [-0.05, 0) is 25.2 Å². The highest BCUT2D eigenvalue weighted by atomic mass is 16.3. The van der Waals surface area contributed by atoms with Crippen molar-refractivity contribution in [1.82, 2.24) is 9.55 Å². The largest absolute Gasteiger partial charge is 0.393 e. The minimum atomic E-state index is -0.231. The molecule has 2 atom stereocenters. The van der Waals surface area contributed by atoms with Crippen molar-refractivity contribution in [1.29, 1.82) is 0 Å². The van der Waals surface area contributed by atoms with Gasteiger partial charge in [0.2, 0.25) is 0 Å². The van der Waals surface area contributed by atoms with Crippen LogP contribution in [0.3, 0.4) is 0 Å². The van der Waals surface area contributed by atoms with E-state index in [0.29, 0.717) is 11.8 Å². The molecular weight excluding hydrogens is 188 g/mol. The van der Waals surface area contributed by atoms with Crippen molar-refractivity contribution in [3.05, 3.63) is 18.2 Å². The molecule has 3 heteroatoms. The summed E-state index contributed by atoms with van der Waals surface area (Å²) < 4.78 is 2.04. The molecule has 0 spiro atoms. The van der Waals surface area contributed by atoms with Gasteiger partial charge < -0.3 is 9.67 Å². The number of aliphatic hydroxyl groups excluding tert-OH is 1. The second kappa shape index (κ2) is 5.31. The molecule has 86 valence electrons. The van der Waals surface area contributed by atoms with Gasteiger partial charge in [0.25, 0.3) is 0 Å². The van der Waals surface area contributed by atoms with Crippen molar-refractivity contribution >= 4 is 0 Å². The Morgan fingerprint density at radius 2 is 2.07 bits per heavy atom. The van der Waals surface area contributed by atoms with E-state index in [1.165, 1.54) is 0 Å². The SMILES string of the molecule is CC(C)C(CCc1nccn1C)C(C)O. The lowest BCUT2D eigenvalue weighted by Crippen LogP contribution is -2.23. The lowest BCUT2D eigenvalue weighted by molar-refractivity contribution is 0.0917. The zero-order chi connectivity index (χ0) is 11.4. The molecule has 1 aromatic heterocycles. The zero-order valence-corrected chi connectivity index (χ0v) is 10.1. The first kappa shape index (κ1) is 12.2. The van der Waals surface area contributed by atoms with Crippen molar-refractivity contribution in [2.24, 2.45) is 18.9 Å². The van der Waals surface area contributed by atoms with Gasteiger partial charge in [0.15, 0.2) is 0 Å². The highest BCUT2D eigenvalue weighted by molar-refractivity contribution is 4.91. The summed E-state index contributed by atoms with van der Waals surface area (Å²) in [6.45, 7) is 6.20. The van der Waals surface area contributed by atoms with E-state index < -0.39 is 0 Å². The van der Waals surface area contributed by atoms with E-state index in [1.54, 1.807) is 0 Å². The van der Waals surface area contributed by atoms with Crippen LogP contribution in [-0.4, -0.2) is 20.8 Å². The van der Waals surface area contributed by atoms with Gasteiger partial charge in [-0.3, -0.25) is 0 Å². The molecule has 1 heterocycles. The molecule has 0 aliphatic rings. The molecule has 1 aromatic rings. The first-order valence-corrected chi connectivity index (χ1v) is 5.66. The predicted molar refractivity (Wildman–Crippen MR) is 61.5 cm³/mol. The number of aryl methyl sites for hydroxylation is 2. The van der Waals surface area contributed by atoms with E-state index in [-0.39, 0.29) is 6.10 Å². The van der Waals surface area contributed by atoms with Gasteiger partial charge in [-0.1, -0.05) is 13.8 Å². The standard InChI is InChI=1S/C12H22N2O/c1-9(2)11(10(3)15)5-6-12-13-7-8-14(12)4/h7-11,15H,5-6H2,1-4H3. The Morgan fingerprint density at radius 1 is 1.40 bits per heavy atom. The van der Waals surface area contributed by atoms with Crippen molar-refractivity contribution < 1.29 is 5.11 Å². The van der Waals surface area contributed by atoms with Crippen LogP contribution in [0.2, 0.25) is 0 Å². The monoisotopic (exact) mass is 210 g/mol. The summed E-state index contributed by atoms with van der Waals surface area (Å²) in [4.78, 5) is 4.29. The molecule has 3 nitrogen and oxygen atoms in total. The molecule has 1 rings (SSSR count). The van der Waals surface area contributed by atoms with Crippen LogP contribution >= 0.6 is 0 Å². The lowest BCUT2D eigenvalue weighted by atomic mass is 9.87. The quantitative estimate of drug-likeness (QED) is 0.807. The van der Waals surface area contributed by atoms with Crippen molar-refractivity contribution in [3.63, 3.8) is 0 Å². The Labute approximate surface area is 92.1 Å². The first-order chi connectivity index (χ1) is 7.02. The third kappa shape index (κ3) is 3.34. The fourth-order valence-electron chi connectivity index (χ4n) is 2.06. The third-order valence-corrected chi connectivity index (χ3v) is 3.10. The Hall–Kier alpha value is -0.830. The van der Waals surface area contributed by atoms with Gasteiger partial charge in [0.1, 0.15) is 5.82 Å². The van der Waals surface area contributed by atoms with Crippen LogP contribution in [0.4, 0.5) is 0 Å². The Bertz CT molecular complexity index is 284. The summed E-state index contributed by atoms with van der Waals surface area (Å²) in [5.74, 6) is 1.98. The van der Waals surface area contributed by atoms with E-state index >= 15 is 0 Å². The molecule has 0 fully saturated rings. The molecule has 15 heavy (non-hydrogen) atoms. The van der Waals surface area contributed by atoms with E-state index in [1.807, 2.05) is 30.9 Å². The van der Waals surface area contributed by atoms with Crippen LogP contribution in [0, 0.1) is 11.8 Å². The van der Waals surface area contributed by atoms with Crippen LogP contribution in [0.5, 0.6) is 0 Å². The predicted octanol–water partition coefficient (Wildman–Crippen LogP) is 2.01. The van der Waals surface area contributed by atoms with E-state index in [9.17, 15) is 5.11 Å². The molecule has 1 N–H and O–H groups in total. The average Bonchev–Trinajstić information content (AvgIpc) is 2.51. The number of nitrogens with zero attached hydrogens (tertiary/aromatic N) is 2. The van der Waals surface area contributed by atoms with Crippen molar-refractivity contribution in [2.45, 2.75) is 39.7 Å². The van der Waals surface area contributed by atoms with Crippen LogP contribution < -0.4 is 0 Å². The summed E-state index contributed by atoms with van der Waals surface area (Å²) in [5.41, 5.74) is 0. The van der Waals surface area contributed by atoms with Gasteiger partial charge in [0.05, 0.1) is 6.10 Å². The van der Waals surface area contributed by atoms with Crippen LogP contribution in [0.25, 0.3) is 0 Å². The van der Waals surface area contributed by atoms with Gasteiger partial charge in [-0.2, -0.15) is 0 Å². The summed E-state index contributed by atoms with van der Waals surface area (Å²) >= 11 is 0. The van der Waals surface area contributed by atoms with Crippen LogP contribution in [0.1, 0.15) is 33.0 Å². The number of hydrogen-bond donors (Lipinski definition) is 1. The van der Waals surface area contributed by atoms with Gasteiger partial charge in [-0.15, -0.1) is 0 Å². The molecule has 0 aromatic carbocycles. The molecule has 2 unspecified atom stereocenters. The average molecular weight is 210 g/mol. The summed E-state index contributed by atoms with van der Waals surface area (Å²) in [7, 11) is 2.01. The highest BCUT2D eigenvalue weighted by Crippen LogP contribution is 2.21. The summed E-state index contributed by atoms with van der Waals surface area (Å²) in [6.07, 6.45) is 5.49.